The molecule has 5 aliphatic rings. The quantitative estimate of drug-likeness (QED) is 0.399. The van der Waals surface area contributed by atoms with Gasteiger partial charge in [-0.25, -0.2) is 9.59 Å². The van der Waals surface area contributed by atoms with Gasteiger partial charge in [0.25, 0.3) is 0 Å². The number of piperazine rings is 1. The summed E-state index contributed by atoms with van der Waals surface area (Å²) in [6.07, 6.45) is 3.01. The average Bonchev–Trinajstić information content (AvgIpc) is 3.73. The van der Waals surface area contributed by atoms with E-state index in [9.17, 15) is 9.59 Å². The summed E-state index contributed by atoms with van der Waals surface area (Å²) in [7, 11) is 3.72. The summed E-state index contributed by atoms with van der Waals surface area (Å²) in [5.74, 6) is -0.00852. The molecule has 1 spiro atoms. The molecule has 1 aliphatic carbocycles. The number of carbonyl (C=O) groups is 2. The standard InChI is InChI=1S/C26H41N3O7/c1-17(2)6-7-20-25(3,36-20)22-21(32-5)19(8-9-26(22)16-33-26)35-24(31)29-14-18(15-29)34-23(30)28-12-10-27(4)11-13-28/h6,18-22H,7-16H2,1-5H3/t19-,20-,21-,22-,25+,26+/m1/s1. The van der Waals surface area contributed by atoms with Crippen molar-refractivity contribution in [3.63, 3.8) is 0 Å². The summed E-state index contributed by atoms with van der Waals surface area (Å²) in [6.45, 7) is 10.7. The van der Waals surface area contributed by atoms with E-state index in [4.69, 9.17) is 23.7 Å². The number of rotatable bonds is 6. The molecule has 0 N–H and O–H groups in total. The fourth-order valence-electron chi connectivity index (χ4n) is 6.14. The van der Waals surface area contributed by atoms with E-state index in [-0.39, 0.29) is 53.7 Å². The number of likely N-dealkylation sites (N-methyl/N-ethyl adjacent to an activating group) is 1. The van der Waals surface area contributed by atoms with Crippen LogP contribution in [0.4, 0.5) is 9.59 Å². The van der Waals surface area contributed by atoms with Crippen molar-refractivity contribution in [1.82, 2.24) is 14.7 Å². The van der Waals surface area contributed by atoms with E-state index < -0.39 is 0 Å². The lowest BCUT2D eigenvalue weighted by Crippen LogP contribution is -2.60. The smallest absolute Gasteiger partial charge is 0.410 e. The summed E-state index contributed by atoms with van der Waals surface area (Å²) in [5, 5.41) is 0. The number of ether oxygens (including phenoxy) is 5. The molecule has 0 aromatic heterocycles. The van der Waals surface area contributed by atoms with Gasteiger partial charge in [-0.05, 0) is 47.1 Å². The molecule has 2 amide bonds. The SMILES string of the molecule is CO[C@@H]1[C@H](OC(=O)N2CC(OC(=O)N3CCN(C)CC3)C2)CC[C@]2(CO2)[C@H]1[C@@]1(C)O[C@@H]1CC=C(C)C. The summed E-state index contributed by atoms with van der Waals surface area (Å²) < 4.78 is 29.7. The molecule has 5 rings (SSSR count). The van der Waals surface area contributed by atoms with Crippen LogP contribution in [-0.2, 0) is 23.7 Å². The molecule has 0 radical (unpaired) electrons. The summed E-state index contributed by atoms with van der Waals surface area (Å²) >= 11 is 0. The van der Waals surface area contributed by atoms with Crippen LogP contribution in [0.2, 0.25) is 0 Å². The fourth-order valence-corrected chi connectivity index (χ4v) is 6.14. The zero-order valence-corrected chi connectivity index (χ0v) is 22.2. The monoisotopic (exact) mass is 507 g/mol. The highest BCUT2D eigenvalue weighted by molar-refractivity contribution is 5.71. The van der Waals surface area contributed by atoms with Crippen molar-refractivity contribution in [1.29, 1.82) is 0 Å². The van der Waals surface area contributed by atoms with Crippen LogP contribution in [0, 0.1) is 5.92 Å². The van der Waals surface area contributed by atoms with Crippen molar-refractivity contribution in [2.24, 2.45) is 5.92 Å². The fraction of sp³-hybridized carbons (Fsp3) is 0.846. The number of allylic oxidation sites excluding steroid dienone is 1. The Balaban J connectivity index is 1.14. The number of epoxide rings is 2. The number of hydrogen-bond acceptors (Lipinski definition) is 8. The molecular weight excluding hydrogens is 466 g/mol. The summed E-state index contributed by atoms with van der Waals surface area (Å²) in [4.78, 5) is 30.8. The van der Waals surface area contributed by atoms with Gasteiger partial charge in [-0.3, -0.25) is 0 Å². The van der Waals surface area contributed by atoms with E-state index in [0.29, 0.717) is 39.2 Å². The second-order valence-corrected chi connectivity index (χ2v) is 11.5. The van der Waals surface area contributed by atoms with Gasteiger partial charge in [-0.1, -0.05) is 11.6 Å². The average molecular weight is 508 g/mol. The van der Waals surface area contributed by atoms with Crippen molar-refractivity contribution in [2.45, 2.75) is 75.7 Å². The Morgan fingerprint density at radius 3 is 2.33 bits per heavy atom. The van der Waals surface area contributed by atoms with Gasteiger partial charge in [-0.2, -0.15) is 0 Å². The molecule has 0 bridgehead atoms. The van der Waals surface area contributed by atoms with Crippen LogP contribution < -0.4 is 0 Å². The maximum Gasteiger partial charge on any atom is 0.410 e. The first-order chi connectivity index (χ1) is 17.1. The van der Waals surface area contributed by atoms with Crippen molar-refractivity contribution in [3.8, 4) is 0 Å². The predicted molar refractivity (Wildman–Crippen MR) is 131 cm³/mol. The Morgan fingerprint density at radius 2 is 1.72 bits per heavy atom. The maximum atomic E-state index is 12.9. The van der Waals surface area contributed by atoms with Gasteiger partial charge in [0.05, 0.1) is 31.7 Å². The lowest BCUT2D eigenvalue weighted by Gasteiger charge is -2.44. The third-order valence-corrected chi connectivity index (χ3v) is 8.62. The molecule has 10 nitrogen and oxygen atoms in total. The van der Waals surface area contributed by atoms with Crippen molar-refractivity contribution < 1.29 is 33.3 Å². The van der Waals surface area contributed by atoms with Crippen LogP contribution in [0.25, 0.3) is 0 Å². The Morgan fingerprint density at radius 1 is 1.06 bits per heavy atom. The van der Waals surface area contributed by atoms with Crippen LogP contribution in [-0.4, -0.2) is 123 Å². The number of carbonyl (C=O) groups excluding carboxylic acids is 2. The first kappa shape index (κ1) is 25.8. The second-order valence-electron chi connectivity index (χ2n) is 11.5. The molecule has 0 aromatic rings. The van der Waals surface area contributed by atoms with Gasteiger partial charge in [-0.15, -0.1) is 0 Å². The molecule has 36 heavy (non-hydrogen) atoms. The molecular formula is C26H41N3O7. The van der Waals surface area contributed by atoms with E-state index in [1.54, 1.807) is 16.9 Å². The van der Waals surface area contributed by atoms with Gasteiger partial charge in [0.15, 0.2) is 0 Å². The van der Waals surface area contributed by atoms with Gasteiger partial charge in [0, 0.05) is 33.3 Å². The molecule has 202 valence electrons. The summed E-state index contributed by atoms with van der Waals surface area (Å²) in [5.41, 5.74) is 0.649. The zero-order chi connectivity index (χ0) is 25.7. The third kappa shape index (κ3) is 4.97. The minimum atomic E-state index is -0.386. The van der Waals surface area contributed by atoms with Crippen LogP contribution >= 0.6 is 0 Å². The van der Waals surface area contributed by atoms with Crippen LogP contribution in [0.15, 0.2) is 11.6 Å². The highest BCUT2D eigenvalue weighted by Gasteiger charge is 2.72. The molecule has 4 saturated heterocycles. The number of amides is 2. The minimum Gasteiger partial charge on any atom is -0.443 e. The highest BCUT2D eigenvalue weighted by atomic mass is 16.6. The third-order valence-electron chi connectivity index (χ3n) is 8.62. The molecule has 10 heteroatoms. The van der Waals surface area contributed by atoms with E-state index >= 15 is 0 Å². The van der Waals surface area contributed by atoms with Gasteiger partial charge in [0.1, 0.15) is 29.5 Å². The second kappa shape index (κ2) is 9.78. The van der Waals surface area contributed by atoms with Crippen LogP contribution in [0.1, 0.15) is 40.0 Å². The zero-order valence-electron chi connectivity index (χ0n) is 22.2. The Kier molecular flexibility index (Phi) is 6.99. The van der Waals surface area contributed by atoms with Crippen molar-refractivity contribution in [2.75, 3.05) is 60.0 Å². The van der Waals surface area contributed by atoms with Crippen LogP contribution in [0.5, 0.6) is 0 Å². The Hall–Kier alpha value is -1.88. The van der Waals surface area contributed by atoms with Crippen LogP contribution in [0.3, 0.4) is 0 Å². The topological polar surface area (TPSA) is 96.6 Å². The highest BCUT2D eigenvalue weighted by Crippen LogP contribution is 2.59. The van der Waals surface area contributed by atoms with E-state index in [0.717, 1.165) is 25.9 Å². The van der Waals surface area contributed by atoms with Crippen molar-refractivity contribution >= 4 is 12.2 Å². The molecule has 4 heterocycles. The number of likely N-dealkylation sites (tertiary alicyclic amines) is 1. The molecule has 5 fully saturated rings. The van der Waals surface area contributed by atoms with Crippen molar-refractivity contribution in [3.05, 3.63) is 11.6 Å². The van der Waals surface area contributed by atoms with Gasteiger partial charge in [0.2, 0.25) is 0 Å². The van der Waals surface area contributed by atoms with Gasteiger partial charge >= 0.3 is 12.2 Å². The largest absolute Gasteiger partial charge is 0.443 e. The Bertz CT molecular complexity index is 875. The summed E-state index contributed by atoms with van der Waals surface area (Å²) in [6, 6.07) is 0. The first-order valence-corrected chi connectivity index (χ1v) is 13.2. The lowest BCUT2D eigenvalue weighted by atomic mass is 9.68. The van der Waals surface area contributed by atoms with E-state index in [1.165, 1.54) is 5.57 Å². The first-order valence-electron chi connectivity index (χ1n) is 13.2. The number of nitrogens with zero attached hydrogens (tertiary/aromatic N) is 3. The Labute approximate surface area is 213 Å². The molecule has 4 aliphatic heterocycles. The lowest BCUT2D eigenvalue weighted by molar-refractivity contribution is -0.126. The minimum absolute atomic E-state index is 0.00852. The molecule has 1 saturated carbocycles. The van der Waals surface area contributed by atoms with E-state index in [2.05, 4.69) is 31.7 Å². The number of methoxy groups -OCH3 is 1. The predicted octanol–water partition coefficient (Wildman–Crippen LogP) is 2.27. The molecule has 0 unspecified atom stereocenters. The normalized spacial score (nSPS) is 38.4. The number of hydrogen-bond donors (Lipinski definition) is 0. The molecule has 0 aromatic carbocycles. The van der Waals surface area contributed by atoms with E-state index in [1.807, 2.05) is 7.05 Å². The maximum absolute atomic E-state index is 12.9. The van der Waals surface area contributed by atoms with Gasteiger partial charge < -0.3 is 38.4 Å². The molecule has 6 atom stereocenters.